The van der Waals surface area contributed by atoms with Crippen molar-refractivity contribution in [2.45, 2.75) is 31.6 Å². The summed E-state index contributed by atoms with van der Waals surface area (Å²) in [4.78, 5) is 0. The van der Waals surface area contributed by atoms with Gasteiger partial charge in [0.2, 0.25) is 0 Å². The van der Waals surface area contributed by atoms with E-state index in [1.165, 1.54) is 22.3 Å². The fraction of sp³-hybridized carbons (Fsp3) is 0.333. The first kappa shape index (κ1) is 12.4. The molecular formula is C18H20O. The van der Waals surface area contributed by atoms with Crippen molar-refractivity contribution in [2.75, 3.05) is 6.61 Å². The molecule has 0 saturated carbocycles. The van der Waals surface area contributed by atoms with Gasteiger partial charge >= 0.3 is 0 Å². The van der Waals surface area contributed by atoms with Crippen LogP contribution in [0.1, 0.15) is 37.3 Å². The molecule has 98 valence electrons. The van der Waals surface area contributed by atoms with Crippen LogP contribution in [0.2, 0.25) is 0 Å². The Balaban J connectivity index is 2.09. The van der Waals surface area contributed by atoms with Crippen molar-refractivity contribution in [2.24, 2.45) is 0 Å². The highest BCUT2D eigenvalue weighted by atomic mass is 16.2. The van der Waals surface area contributed by atoms with Gasteiger partial charge in [-0.2, -0.15) is 0 Å². The molecule has 2 aromatic carbocycles. The van der Waals surface area contributed by atoms with Gasteiger partial charge in [0.05, 0.1) is 0 Å². The number of hydrogen-bond acceptors (Lipinski definition) is 1. The van der Waals surface area contributed by atoms with Gasteiger partial charge < -0.3 is 5.11 Å². The molecule has 1 nitrogen and oxygen atoms in total. The third-order valence-electron chi connectivity index (χ3n) is 4.42. The molecule has 1 aliphatic carbocycles. The highest BCUT2D eigenvalue weighted by molar-refractivity contribution is 5.80. The van der Waals surface area contributed by atoms with Gasteiger partial charge in [0.15, 0.2) is 0 Å². The lowest BCUT2D eigenvalue weighted by Crippen LogP contribution is -2.20. The number of aliphatic hydroxyl groups excluding tert-OH is 1. The second kappa shape index (κ2) is 4.82. The predicted octanol–water partition coefficient (Wildman–Crippen LogP) is 4.14. The zero-order valence-electron chi connectivity index (χ0n) is 11.4. The Bertz CT molecular complexity index is 540. The van der Waals surface area contributed by atoms with Gasteiger partial charge in [-0.25, -0.2) is 0 Å². The van der Waals surface area contributed by atoms with Gasteiger partial charge in [-0.05, 0) is 41.5 Å². The first-order chi connectivity index (χ1) is 9.27. The lowest BCUT2D eigenvalue weighted by atomic mass is 9.76. The Morgan fingerprint density at radius 1 is 0.842 bits per heavy atom. The van der Waals surface area contributed by atoms with Crippen molar-refractivity contribution in [1.29, 1.82) is 0 Å². The molecular weight excluding hydrogens is 232 g/mol. The van der Waals surface area contributed by atoms with Gasteiger partial charge in [-0.3, -0.25) is 0 Å². The summed E-state index contributed by atoms with van der Waals surface area (Å²) in [6.45, 7) is 2.63. The fourth-order valence-electron chi connectivity index (χ4n) is 3.40. The van der Waals surface area contributed by atoms with E-state index in [0.717, 1.165) is 19.3 Å². The summed E-state index contributed by atoms with van der Waals surface area (Å²) in [5.41, 5.74) is 5.74. The predicted molar refractivity (Wildman–Crippen MR) is 79.3 cm³/mol. The Hall–Kier alpha value is -1.60. The molecule has 1 heteroatoms. The highest BCUT2D eigenvalue weighted by Crippen LogP contribution is 2.50. The minimum absolute atomic E-state index is 0.0996. The van der Waals surface area contributed by atoms with E-state index < -0.39 is 0 Å². The Morgan fingerprint density at radius 3 is 1.89 bits per heavy atom. The quantitative estimate of drug-likeness (QED) is 0.811. The summed E-state index contributed by atoms with van der Waals surface area (Å²) in [6.07, 6.45) is 3.05. The maximum absolute atomic E-state index is 9.01. The third-order valence-corrected chi connectivity index (χ3v) is 4.42. The van der Waals surface area contributed by atoms with Crippen LogP contribution in [0.3, 0.4) is 0 Å². The molecule has 0 unspecified atom stereocenters. The average molecular weight is 252 g/mol. The van der Waals surface area contributed by atoms with Crippen LogP contribution in [-0.4, -0.2) is 11.7 Å². The zero-order chi connectivity index (χ0) is 13.3. The Morgan fingerprint density at radius 2 is 1.37 bits per heavy atom. The first-order valence-corrected chi connectivity index (χ1v) is 7.07. The van der Waals surface area contributed by atoms with Crippen LogP contribution >= 0.6 is 0 Å². The van der Waals surface area contributed by atoms with Gasteiger partial charge in [-0.15, -0.1) is 0 Å². The van der Waals surface area contributed by atoms with Crippen molar-refractivity contribution < 1.29 is 5.11 Å². The standard InChI is InChI=1S/C18H20O/c1-18(12-6-7-13-19)16-10-4-2-8-14(16)15-9-3-5-11-17(15)18/h2-5,8-11,19H,6-7,12-13H2,1H3. The van der Waals surface area contributed by atoms with Crippen molar-refractivity contribution in [1.82, 2.24) is 0 Å². The van der Waals surface area contributed by atoms with E-state index in [9.17, 15) is 0 Å². The lowest BCUT2D eigenvalue weighted by Gasteiger charge is -2.27. The van der Waals surface area contributed by atoms with Crippen LogP contribution in [0.5, 0.6) is 0 Å². The van der Waals surface area contributed by atoms with Crippen LogP contribution in [0.25, 0.3) is 11.1 Å². The molecule has 0 amide bonds. The summed E-state index contributed by atoms with van der Waals surface area (Å²) >= 11 is 0. The third kappa shape index (κ3) is 1.89. The Kier molecular flexibility index (Phi) is 3.16. The summed E-state index contributed by atoms with van der Waals surface area (Å²) in [5.74, 6) is 0. The van der Waals surface area contributed by atoms with Gasteiger partial charge in [-0.1, -0.05) is 55.5 Å². The maximum atomic E-state index is 9.01. The molecule has 0 fully saturated rings. The van der Waals surface area contributed by atoms with E-state index in [2.05, 4.69) is 55.5 Å². The molecule has 3 rings (SSSR count). The first-order valence-electron chi connectivity index (χ1n) is 7.07. The minimum Gasteiger partial charge on any atom is -0.396 e. The monoisotopic (exact) mass is 252 g/mol. The van der Waals surface area contributed by atoms with E-state index in [-0.39, 0.29) is 5.41 Å². The normalized spacial score (nSPS) is 15.1. The van der Waals surface area contributed by atoms with Crippen LogP contribution in [0.15, 0.2) is 48.5 Å². The topological polar surface area (TPSA) is 20.2 Å². The van der Waals surface area contributed by atoms with Gasteiger partial charge in [0.25, 0.3) is 0 Å². The number of hydrogen-bond donors (Lipinski definition) is 1. The second-order valence-corrected chi connectivity index (χ2v) is 5.60. The van der Waals surface area contributed by atoms with E-state index >= 15 is 0 Å². The van der Waals surface area contributed by atoms with Crippen LogP contribution in [0, 0.1) is 0 Å². The van der Waals surface area contributed by atoms with E-state index in [0.29, 0.717) is 6.61 Å². The molecule has 2 aromatic rings. The summed E-state index contributed by atoms with van der Waals surface area (Å²) in [6, 6.07) is 17.5. The molecule has 0 bridgehead atoms. The summed E-state index contributed by atoms with van der Waals surface area (Å²) in [7, 11) is 0. The largest absolute Gasteiger partial charge is 0.396 e. The molecule has 1 N–H and O–H groups in total. The second-order valence-electron chi connectivity index (χ2n) is 5.60. The molecule has 0 saturated heterocycles. The number of unbranched alkanes of at least 4 members (excludes halogenated alkanes) is 1. The average Bonchev–Trinajstić information content (AvgIpc) is 2.71. The molecule has 0 aromatic heterocycles. The molecule has 0 aliphatic heterocycles. The molecule has 0 spiro atoms. The molecule has 19 heavy (non-hydrogen) atoms. The number of benzene rings is 2. The fourth-order valence-corrected chi connectivity index (χ4v) is 3.40. The SMILES string of the molecule is CC1(CCCCO)c2ccccc2-c2ccccc21. The summed E-state index contributed by atoms with van der Waals surface area (Å²) < 4.78 is 0. The minimum atomic E-state index is 0.0996. The molecule has 0 atom stereocenters. The van der Waals surface area contributed by atoms with Gasteiger partial charge in [0.1, 0.15) is 0 Å². The van der Waals surface area contributed by atoms with E-state index in [4.69, 9.17) is 5.11 Å². The van der Waals surface area contributed by atoms with Crippen molar-refractivity contribution >= 4 is 0 Å². The number of fused-ring (bicyclic) bond motifs is 3. The lowest BCUT2D eigenvalue weighted by molar-refractivity contribution is 0.278. The van der Waals surface area contributed by atoms with Crippen LogP contribution < -0.4 is 0 Å². The van der Waals surface area contributed by atoms with E-state index in [1.807, 2.05) is 0 Å². The molecule has 0 heterocycles. The number of rotatable bonds is 4. The molecule has 1 aliphatic rings. The maximum Gasteiger partial charge on any atom is 0.0431 e. The van der Waals surface area contributed by atoms with Crippen molar-refractivity contribution in [3.05, 3.63) is 59.7 Å². The van der Waals surface area contributed by atoms with Crippen LogP contribution in [0.4, 0.5) is 0 Å². The van der Waals surface area contributed by atoms with Crippen molar-refractivity contribution in [3.63, 3.8) is 0 Å². The zero-order valence-corrected chi connectivity index (χ0v) is 11.4. The Labute approximate surface area is 114 Å². The van der Waals surface area contributed by atoms with Gasteiger partial charge in [0, 0.05) is 12.0 Å². The van der Waals surface area contributed by atoms with E-state index in [1.54, 1.807) is 0 Å². The highest BCUT2D eigenvalue weighted by Gasteiger charge is 2.37. The smallest absolute Gasteiger partial charge is 0.0431 e. The number of aliphatic hydroxyl groups is 1. The molecule has 0 radical (unpaired) electrons. The van der Waals surface area contributed by atoms with Crippen LogP contribution in [-0.2, 0) is 5.41 Å². The summed E-state index contributed by atoms with van der Waals surface area (Å²) in [5, 5.41) is 9.01. The van der Waals surface area contributed by atoms with Crippen molar-refractivity contribution in [3.8, 4) is 11.1 Å².